The van der Waals surface area contributed by atoms with Crippen molar-refractivity contribution in [3.05, 3.63) is 87.5 Å². The SMILES string of the molecule is CCCCCCCCCCCC(=O)N[C@H]1[C@H](Oc2cc3cc(c2OC)Oc2ccc(cc2[N+](=O)[O-])C[C@@H](NC(=O)[C@H](N)CC(C)C)C(=O)N[C@@H](Cc2ccccc2)C(=O)N[C@H]3[C@@H](NC(C)=O)C(=O)O)O[C@H](CO)[C@@H](O)[C@@H]1O.Cl. The molecule has 0 aromatic heterocycles. The van der Waals surface area contributed by atoms with Crippen LogP contribution in [0, 0.1) is 16.0 Å². The number of methoxy groups -OCH3 is 1. The number of amides is 5. The average molecular weight is 1110 g/mol. The molecule has 3 aromatic carbocycles. The highest BCUT2D eigenvalue weighted by Gasteiger charge is 2.47. The third kappa shape index (κ3) is 18.2. The topological polar surface area (TPSA) is 350 Å². The molecule has 11 N–H and O–H groups in total. The summed E-state index contributed by atoms with van der Waals surface area (Å²) in [7, 11) is 1.18. The molecule has 0 saturated carbocycles. The first-order valence-electron chi connectivity index (χ1n) is 26.2. The summed E-state index contributed by atoms with van der Waals surface area (Å²) in [5, 5.41) is 69.4. The number of carboxylic acids is 1. The van der Waals surface area contributed by atoms with Crippen molar-refractivity contribution in [1.82, 2.24) is 26.6 Å². The fraction of sp³-hybridized carbons (Fsp3) is 0.556. The molecular formula is C54H76ClN7O16. The van der Waals surface area contributed by atoms with Crippen molar-refractivity contribution >= 4 is 53.6 Å². The number of aliphatic hydroxyl groups excluding tert-OH is 3. The first-order valence-corrected chi connectivity index (χ1v) is 26.2. The summed E-state index contributed by atoms with van der Waals surface area (Å²) in [6.07, 6.45) is 1.88. The van der Waals surface area contributed by atoms with Crippen molar-refractivity contribution in [3.63, 3.8) is 0 Å². The van der Waals surface area contributed by atoms with Gasteiger partial charge < -0.3 is 71.7 Å². The maximum absolute atomic E-state index is 14.9. The van der Waals surface area contributed by atoms with Crippen LogP contribution in [0.5, 0.6) is 23.0 Å². The molecule has 0 unspecified atom stereocenters. The zero-order chi connectivity index (χ0) is 56.3. The lowest BCUT2D eigenvalue weighted by Gasteiger charge is -2.42. The molecule has 0 aliphatic carbocycles. The highest BCUT2D eigenvalue weighted by Crippen LogP contribution is 2.45. The van der Waals surface area contributed by atoms with Crippen LogP contribution in [0.25, 0.3) is 0 Å². The Hall–Kier alpha value is -6.63. The van der Waals surface area contributed by atoms with Gasteiger partial charge in [-0.05, 0) is 53.6 Å². The highest BCUT2D eigenvalue weighted by atomic mass is 35.5. The number of fused-ring (bicyclic) bond motifs is 9. The zero-order valence-corrected chi connectivity index (χ0v) is 45.5. The normalized spacial score (nSPS) is 22.1. The number of nitro benzene ring substituents is 1. The summed E-state index contributed by atoms with van der Waals surface area (Å²) in [5.74, 6) is -7.21. The van der Waals surface area contributed by atoms with Gasteiger partial charge in [0.1, 0.15) is 36.4 Å². The maximum atomic E-state index is 14.9. The molecule has 3 aliphatic heterocycles. The van der Waals surface area contributed by atoms with E-state index < -0.39 is 131 Å². The van der Waals surface area contributed by atoms with Gasteiger partial charge in [0.15, 0.2) is 17.5 Å². The number of nitrogens with two attached hydrogens (primary N) is 1. The number of carboxylic acid groups (broad SMARTS) is 1. The lowest BCUT2D eigenvalue weighted by atomic mass is 9.95. The van der Waals surface area contributed by atoms with Crippen LogP contribution in [-0.2, 0) is 46.3 Å². The summed E-state index contributed by atoms with van der Waals surface area (Å²) in [6.45, 7) is 6.06. The van der Waals surface area contributed by atoms with Crippen molar-refractivity contribution in [3.8, 4) is 23.0 Å². The summed E-state index contributed by atoms with van der Waals surface area (Å²) in [4.78, 5) is 94.6. The van der Waals surface area contributed by atoms with Gasteiger partial charge in [-0.1, -0.05) is 109 Å². The van der Waals surface area contributed by atoms with Crippen molar-refractivity contribution < 1.29 is 73.1 Å². The van der Waals surface area contributed by atoms with E-state index in [0.717, 1.165) is 51.5 Å². The molecule has 0 spiro atoms. The minimum Gasteiger partial charge on any atom is -0.490 e. The minimum absolute atomic E-state index is 0. The third-order valence-electron chi connectivity index (χ3n) is 13.3. The number of nitrogens with zero attached hydrogens (tertiary/aromatic N) is 1. The average Bonchev–Trinajstić information content (AvgIpc) is 3.38. The number of aliphatic carboxylic acids is 1. The second-order valence-corrected chi connectivity index (χ2v) is 20.0. The van der Waals surface area contributed by atoms with Gasteiger partial charge in [-0.3, -0.25) is 34.1 Å². The van der Waals surface area contributed by atoms with Crippen molar-refractivity contribution in [2.24, 2.45) is 11.7 Å². The molecule has 430 valence electrons. The largest absolute Gasteiger partial charge is 0.490 e. The Morgan fingerprint density at radius 2 is 1.56 bits per heavy atom. The second-order valence-electron chi connectivity index (χ2n) is 20.0. The predicted molar refractivity (Wildman–Crippen MR) is 287 cm³/mol. The van der Waals surface area contributed by atoms with E-state index in [1.165, 1.54) is 44.2 Å². The number of unbranched alkanes of at least 4 members (excludes halogenated alkanes) is 8. The van der Waals surface area contributed by atoms with Crippen LogP contribution in [-0.4, -0.2) is 129 Å². The Kier molecular flexibility index (Phi) is 25.5. The molecule has 1 saturated heterocycles. The van der Waals surface area contributed by atoms with Crippen LogP contribution in [0.1, 0.15) is 121 Å². The Bertz CT molecular complexity index is 2510. The van der Waals surface area contributed by atoms with Gasteiger partial charge in [-0.2, -0.15) is 0 Å². The van der Waals surface area contributed by atoms with Crippen LogP contribution in [0.4, 0.5) is 5.69 Å². The van der Waals surface area contributed by atoms with E-state index in [0.29, 0.717) is 12.0 Å². The second kappa shape index (κ2) is 31.1. The number of benzene rings is 3. The van der Waals surface area contributed by atoms with Crippen LogP contribution in [0.15, 0.2) is 60.7 Å². The smallest absolute Gasteiger partial charge is 0.328 e. The Morgan fingerprint density at radius 3 is 2.17 bits per heavy atom. The van der Waals surface area contributed by atoms with Gasteiger partial charge in [0.05, 0.1) is 30.7 Å². The molecule has 4 bridgehead atoms. The standard InChI is InChI=1S/C54H75N7O16.ClH/c1-6-7-8-9-10-11-12-13-17-20-43(64)59-46-48(66)47(65)42(29-62)77-54(46)76-41-28-34-27-40(49(41)74-5)75-39-22-21-33(26-38(39)61(72)73)25-37(57-50(67)35(55)23-30(2)3)51(68)58-36(24-32-18-15-14-16-19-32)52(69)60-44(34)45(53(70)71)56-31(4)63;/h14-16,18-19,21-22,26-28,30,35-37,42,44-48,54,62,65-66H,6-13,17,20,23-25,29,55H2,1-5H3,(H,56,63)(H,57,67)(H,58,68)(H,59,64)(H,60,69)(H,70,71);1H/t35-,36+,37-,42-,44-,45-,46-,47-,48-,54-;/m1./s1. The van der Waals surface area contributed by atoms with Gasteiger partial charge in [0, 0.05) is 32.3 Å². The van der Waals surface area contributed by atoms with Crippen molar-refractivity contribution in [1.29, 1.82) is 0 Å². The Morgan fingerprint density at radius 1 is 0.897 bits per heavy atom. The van der Waals surface area contributed by atoms with E-state index in [1.807, 2.05) is 13.8 Å². The molecule has 5 amide bonds. The lowest BCUT2D eigenvalue weighted by molar-refractivity contribution is -0.385. The number of nitrogens with one attached hydrogen (secondary N) is 5. The molecule has 23 nitrogen and oxygen atoms in total. The summed E-state index contributed by atoms with van der Waals surface area (Å²) in [6, 6.07) is 5.10. The highest BCUT2D eigenvalue weighted by molar-refractivity contribution is 5.94. The van der Waals surface area contributed by atoms with Gasteiger partial charge in [0.25, 0.3) is 0 Å². The first-order chi connectivity index (χ1) is 36.7. The maximum Gasteiger partial charge on any atom is 0.328 e. The van der Waals surface area contributed by atoms with Crippen LogP contribution < -0.4 is 46.5 Å². The molecule has 1 fully saturated rings. The zero-order valence-electron chi connectivity index (χ0n) is 44.6. The fourth-order valence-corrected chi connectivity index (χ4v) is 9.28. The molecule has 3 aromatic rings. The molecule has 3 aliphatic rings. The number of hydrogen-bond acceptors (Lipinski definition) is 16. The Balaban J connectivity index is 0.0000131. The summed E-state index contributed by atoms with van der Waals surface area (Å²) in [5.41, 5.74) is 6.06. The number of hydrogen-bond donors (Lipinski definition) is 10. The molecule has 3 heterocycles. The number of carbonyl (C=O) groups is 6. The number of carbonyl (C=O) groups excluding carboxylic acids is 5. The summed E-state index contributed by atoms with van der Waals surface area (Å²) >= 11 is 0. The monoisotopic (exact) mass is 1110 g/mol. The summed E-state index contributed by atoms with van der Waals surface area (Å²) < 4.78 is 24.4. The quantitative estimate of drug-likeness (QED) is 0.0326. The molecule has 24 heteroatoms. The first kappa shape index (κ1) is 63.9. The minimum atomic E-state index is -2.00. The third-order valence-corrected chi connectivity index (χ3v) is 13.3. The molecule has 6 rings (SSSR count). The fourth-order valence-electron chi connectivity index (χ4n) is 9.28. The lowest BCUT2D eigenvalue weighted by Crippen LogP contribution is -2.65. The number of halogens is 1. The number of rotatable bonds is 25. The van der Waals surface area contributed by atoms with Crippen molar-refractivity contribution in [2.45, 2.75) is 172 Å². The van der Waals surface area contributed by atoms with E-state index in [2.05, 4.69) is 33.5 Å². The van der Waals surface area contributed by atoms with Crippen LogP contribution in [0.3, 0.4) is 0 Å². The molecular weight excluding hydrogens is 1040 g/mol. The van der Waals surface area contributed by atoms with E-state index >= 15 is 0 Å². The van der Waals surface area contributed by atoms with E-state index in [4.69, 9.17) is 24.7 Å². The molecule has 78 heavy (non-hydrogen) atoms. The number of ether oxygens (including phenoxy) is 4. The number of nitro groups is 1. The van der Waals surface area contributed by atoms with E-state index in [1.54, 1.807) is 30.3 Å². The molecule has 10 atom stereocenters. The van der Waals surface area contributed by atoms with Gasteiger partial charge in [0.2, 0.25) is 47.3 Å². The van der Waals surface area contributed by atoms with Crippen LogP contribution >= 0.6 is 12.4 Å². The predicted octanol–water partition coefficient (Wildman–Crippen LogP) is 3.93. The van der Waals surface area contributed by atoms with E-state index in [9.17, 15) is 59.3 Å². The van der Waals surface area contributed by atoms with Gasteiger partial charge in [-0.15, -0.1) is 12.4 Å². The number of aliphatic hydroxyl groups is 3. The van der Waals surface area contributed by atoms with Gasteiger partial charge >= 0.3 is 11.7 Å². The van der Waals surface area contributed by atoms with E-state index in [-0.39, 0.29) is 60.9 Å². The van der Waals surface area contributed by atoms with Gasteiger partial charge in [-0.25, -0.2) is 4.79 Å². The Labute approximate surface area is 459 Å². The molecule has 0 radical (unpaired) electrons. The van der Waals surface area contributed by atoms with Crippen molar-refractivity contribution in [2.75, 3.05) is 13.7 Å². The van der Waals surface area contributed by atoms with Crippen LogP contribution in [0.2, 0.25) is 0 Å².